The minimum absolute atomic E-state index is 0.248. The van der Waals surface area contributed by atoms with E-state index < -0.39 is 23.8 Å². The number of hydrogen-bond acceptors (Lipinski definition) is 5. The van der Waals surface area contributed by atoms with Gasteiger partial charge < -0.3 is 22.5 Å². The first-order valence-corrected chi connectivity index (χ1v) is 6.27. The number of nitrogens with two attached hydrogens (primary N) is 3. The van der Waals surface area contributed by atoms with Gasteiger partial charge in [-0.3, -0.25) is 19.3 Å². The lowest BCUT2D eigenvalue weighted by atomic mass is 10.2. The second kappa shape index (κ2) is 7.25. The van der Waals surface area contributed by atoms with E-state index in [-0.39, 0.29) is 13.1 Å². The van der Waals surface area contributed by atoms with Gasteiger partial charge in [0, 0.05) is 0 Å². The van der Waals surface area contributed by atoms with Crippen molar-refractivity contribution in [3.05, 3.63) is 24.3 Å². The van der Waals surface area contributed by atoms with Crippen LogP contribution in [0.15, 0.2) is 24.3 Å². The summed E-state index contributed by atoms with van der Waals surface area (Å²) < 4.78 is 0. The maximum atomic E-state index is 12.2. The van der Waals surface area contributed by atoms with Crippen LogP contribution in [0.2, 0.25) is 0 Å². The average Bonchev–Trinajstić information content (AvgIpc) is 2.38. The van der Waals surface area contributed by atoms with Gasteiger partial charge in [-0.15, -0.1) is 0 Å². The molecule has 0 aromatic heterocycles. The number of anilines is 2. The molecule has 1 unspecified atom stereocenters. The van der Waals surface area contributed by atoms with Gasteiger partial charge in [-0.25, -0.2) is 0 Å². The summed E-state index contributed by atoms with van der Waals surface area (Å²) in [6.07, 6.45) is 0. The minimum Gasteiger partial charge on any atom is -0.397 e. The molecule has 114 valence electrons. The summed E-state index contributed by atoms with van der Waals surface area (Å²) in [7, 11) is 0. The predicted molar refractivity (Wildman–Crippen MR) is 78.9 cm³/mol. The van der Waals surface area contributed by atoms with Gasteiger partial charge in [0.05, 0.1) is 30.5 Å². The van der Waals surface area contributed by atoms with Gasteiger partial charge in [0.25, 0.3) is 0 Å². The van der Waals surface area contributed by atoms with Crippen molar-refractivity contribution >= 4 is 29.1 Å². The second-order valence-corrected chi connectivity index (χ2v) is 4.59. The van der Waals surface area contributed by atoms with Gasteiger partial charge in [0.15, 0.2) is 0 Å². The summed E-state index contributed by atoms with van der Waals surface area (Å²) in [6.45, 7) is 1.05. The molecule has 0 spiro atoms. The van der Waals surface area contributed by atoms with Crippen LogP contribution in [0, 0.1) is 0 Å². The van der Waals surface area contributed by atoms with E-state index >= 15 is 0 Å². The Kier molecular flexibility index (Phi) is 5.67. The molecule has 1 rings (SSSR count). The van der Waals surface area contributed by atoms with Crippen molar-refractivity contribution in [2.45, 2.75) is 13.0 Å². The molecular weight excluding hydrogens is 274 g/mol. The second-order valence-electron chi connectivity index (χ2n) is 4.59. The first kappa shape index (κ1) is 16.4. The summed E-state index contributed by atoms with van der Waals surface area (Å²) >= 11 is 0. The normalized spacial score (nSPS) is 11.9. The van der Waals surface area contributed by atoms with E-state index in [1.54, 1.807) is 31.2 Å². The van der Waals surface area contributed by atoms with Crippen molar-refractivity contribution < 1.29 is 14.4 Å². The third-order valence-corrected chi connectivity index (χ3v) is 2.86. The molecule has 21 heavy (non-hydrogen) atoms. The van der Waals surface area contributed by atoms with Crippen LogP contribution in [-0.4, -0.2) is 41.8 Å². The molecule has 0 bridgehead atoms. The quantitative estimate of drug-likeness (QED) is 0.470. The SMILES string of the molecule is CC(C(=O)Nc1ccccc1N)N(CC(N)=O)CC(N)=O. The Morgan fingerprint density at radius 1 is 1.14 bits per heavy atom. The lowest BCUT2D eigenvalue weighted by Crippen LogP contribution is -2.49. The molecule has 8 nitrogen and oxygen atoms in total. The highest BCUT2D eigenvalue weighted by molar-refractivity contribution is 5.97. The Hall–Kier alpha value is -2.61. The summed E-state index contributed by atoms with van der Waals surface area (Å²) in [5, 5.41) is 2.63. The molecule has 0 aliphatic carbocycles. The number of benzene rings is 1. The van der Waals surface area contributed by atoms with Crippen LogP contribution >= 0.6 is 0 Å². The van der Waals surface area contributed by atoms with Gasteiger partial charge in [0.2, 0.25) is 17.7 Å². The molecule has 0 saturated carbocycles. The van der Waals surface area contributed by atoms with Crippen LogP contribution in [0.4, 0.5) is 11.4 Å². The Labute approximate surface area is 122 Å². The standard InChI is InChI=1S/C13H19N5O3/c1-8(18(6-11(15)19)7-12(16)20)13(21)17-10-5-3-2-4-9(10)14/h2-5,8H,6-7,14H2,1H3,(H2,15,19)(H2,16,20)(H,17,21). The highest BCUT2D eigenvalue weighted by atomic mass is 16.2. The van der Waals surface area contributed by atoms with E-state index in [1.807, 2.05) is 0 Å². The predicted octanol–water partition coefficient (Wildman–Crippen LogP) is -1.13. The number of para-hydroxylation sites is 2. The number of nitrogens with one attached hydrogen (secondary N) is 1. The van der Waals surface area contributed by atoms with Crippen LogP contribution in [-0.2, 0) is 14.4 Å². The monoisotopic (exact) mass is 293 g/mol. The fourth-order valence-electron chi connectivity index (χ4n) is 1.74. The van der Waals surface area contributed by atoms with E-state index in [9.17, 15) is 14.4 Å². The fourth-order valence-corrected chi connectivity index (χ4v) is 1.74. The molecule has 0 saturated heterocycles. The zero-order valence-electron chi connectivity index (χ0n) is 11.7. The number of primary amides is 2. The molecule has 8 heteroatoms. The topological polar surface area (TPSA) is 145 Å². The first-order valence-electron chi connectivity index (χ1n) is 6.27. The molecule has 0 heterocycles. The number of hydrogen-bond donors (Lipinski definition) is 4. The summed E-state index contributed by atoms with van der Waals surface area (Å²) in [4.78, 5) is 35.5. The van der Waals surface area contributed by atoms with E-state index in [1.165, 1.54) is 4.90 Å². The first-order chi connectivity index (χ1) is 9.81. The molecule has 1 aromatic rings. The molecule has 0 aliphatic rings. The van der Waals surface area contributed by atoms with Crippen molar-refractivity contribution in [2.24, 2.45) is 11.5 Å². The third-order valence-electron chi connectivity index (χ3n) is 2.86. The fraction of sp³-hybridized carbons (Fsp3) is 0.308. The van der Waals surface area contributed by atoms with Crippen molar-refractivity contribution in [2.75, 3.05) is 24.1 Å². The smallest absolute Gasteiger partial charge is 0.241 e. The van der Waals surface area contributed by atoms with Crippen LogP contribution in [0.3, 0.4) is 0 Å². The minimum atomic E-state index is -0.774. The van der Waals surface area contributed by atoms with Crippen LogP contribution in [0.25, 0.3) is 0 Å². The van der Waals surface area contributed by atoms with Crippen LogP contribution < -0.4 is 22.5 Å². The highest BCUT2D eigenvalue weighted by Gasteiger charge is 2.24. The molecule has 3 amide bonds. The zero-order valence-corrected chi connectivity index (χ0v) is 11.7. The lowest BCUT2D eigenvalue weighted by Gasteiger charge is -2.25. The van der Waals surface area contributed by atoms with Gasteiger partial charge in [-0.2, -0.15) is 0 Å². The number of rotatable bonds is 7. The van der Waals surface area contributed by atoms with Crippen molar-refractivity contribution in [1.82, 2.24) is 4.90 Å². The maximum Gasteiger partial charge on any atom is 0.241 e. The summed E-state index contributed by atoms with van der Waals surface area (Å²) in [5.74, 6) is -1.74. The summed E-state index contributed by atoms with van der Waals surface area (Å²) in [6, 6.07) is 5.98. The third kappa shape index (κ3) is 5.11. The van der Waals surface area contributed by atoms with E-state index in [0.29, 0.717) is 11.4 Å². The van der Waals surface area contributed by atoms with Gasteiger partial charge in [-0.1, -0.05) is 12.1 Å². The molecule has 0 aliphatic heterocycles. The van der Waals surface area contributed by atoms with Gasteiger partial charge in [0.1, 0.15) is 0 Å². The molecule has 0 radical (unpaired) electrons. The van der Waals surface area contributed by atoms with E-state index in [2.05, 4.69) is 5.32 Å². The number of carbonyl (C=O) groups is 3. The van der Waals surface area contributed by atoms with Crippen LogP contribution in [0.5, 0.6) is 0 Å². The van der Waals surface area contributed by atoms with Crippen LogP contribution in [0.1, 0.15) is 6.92 Å². The Balaban J connectivity index is 2.80. The maximum absolute atomic E-state index is 12.2. The Morgan fingerprint density at radius 2 is 1.67 bits per heavy atom. The molecule has 1 aromatic carbocycles. The largest absolute Gasteiger partial charge is 0.397 e. The number of nitrogens with zero attached hydrogens (tertiary/aromatic N) is 1. The molecule has 0 fully saturated rings. The average molecular weight is 293 g/mol. The number of nitrogen functional groups attached to an aromatic ring is 1. The Bertz CT molecular complexity index is 530. The van der Waals surface area contributed by atoms with Crippen molar-refractivity contribution in [3.63, 3.8) is 0 Å². The van der Waals surface area contributed by atoms with Crippen molar-refractivity contribution in [1.29, 1.82) is 0 Å². The molecular formula is C13H19N5O3. The zero-order chi connectivity index (χ0) is 16.0. The van der Waals surface area contributed by atoms with Crippen molar-refractivity contribution in [3.8, 4) is 0 Å². The highest BCUT2D eigenvalue weighted by Crippen LogP contribution is 2.17. The molecule has 1 atom stereocenters. The van der Waals surface area contributed by atoms with Gasteiger partial charge >= 0.3 is 0 Å². The molecule has 7 N–H and O–H groups in total. The van der Waals surface area contributed by atoms with E-state index in [0.717, 1.165) is 0 Å². The number of amides is 3. The van der Waals surface area contributed by atoms with E-state index in [4.69, 9.17) is 17.2 Å². The Morgan fingerprint density at radius 3 is 2.14 bits per heavy atom. The summed E-state index contributed by atoms with van der Waals surface area (Å²) in [5.41, 5.74) is 16.8. The lowest BCUT2D eigenvalue weighted by molar-refractivity contribution is -0.126. The number of carbonyl (C=O) groups excluding carboxylic acids is 3. The van der Waals surface area contributed by atoms with Gasteiger partial charge in [-0.05, 0) is 19.1 Å².